The van der Waals surface area contributed by atoms with E-state index in [1.54, 1.807) is 0 Å². The first-order valence-corrected chi connectivity index (χ1v) is 15.0. The average Bonchev–Trinajstić information content (AvgIpc) is 3.54. The molecule has 5 nitrogen and oxygen atoms in total. The van der Waals surface area contributed by atoms with Gasteiger partial charge in [-0.25, -0.2) is 17.6 Å². The van der Waals surface area contributed by atoms with Crippen LogP contribution in [-0.2, 0) is 19.1 Å². The molecule has 2 aliphatic carbocycles. The largest absolute Gasteiger partial charge is 0.459 e. The molecule has 0 aliphatic heterocycles. The van der Waals surface area contributed by atoms with Crippen molar-refractivity contribution in [3.63, 3.8) is 0 Å². The third-order valence-corrected chi connectivity index (χ3v) is 9.78. The molecule has 0 amide bonds. The highest BCUT2D eigenvalue weighted by molar-refractivity contribution is 5.77. The first-order chi connectivity index (χ1) is 23.0. The van der Waals surface area contributed by atoms with Crippen molar-refractivity contribution in [2.75, 3.05) is 6.61 Å². The molecule has 52 heavy (non-hydrogen) atoms. The maximum absolute atomic E-state index is 13.4. The van der Waals surface area contributed by atoms with Crippen LogP contribution in [0.25, 0.3) is 0 Å². The fourth-order valence-electron chi connectivity index (χ4n) is 5.69. The minimum absolute atomic E-state index is 0.112. The molecule has 0 aromatic carbocycles. The SMILES string of the molecule is CC1C2CC(C(=O)OCC(F)(F)C(F)(F)C(F)(F)C(F)F)C(C2)C1C.CCC(C)(C(=O)OC(CCC(O)(C(F)F)C(F)(F)F)C(F)(F)F)C(F)(F)F. The van der Waals surface area contributed by atoms with Crippen molar-refractivity contribution in [2.45, 2.75) is 121 Å². The summed E-state index contributed by atoms with van der Waals surface area (Å²) in [5.74, 6) is -22.1. The maximum Gasteiger partial charge on any atom is 0.425 e. The number of fused-ring (bicyclic) bond motifs is 2. The molecule has 0 heterocycles. The molecular weight excluding hydrogens is 777 g/mol. The van der Waals surface area contributed by atoms with Gasteiger partial charge in [-0.3, -0.25) is 9.59 Å². The fourth-order valence-corrected chi connectivity index (χ4v) is 5.69. The summed E-state index contributed by atoms with van der Waals surface area (Å²) in [6.45, 7) is 2.50. The number of halogens is 19. The summed E-state index contributed by atoms with van der Waals surface area (Å²) in [7, 11) is 0. The van der Waals surface area contributed by atoms with Gasteiger partial charge in [0.1, 0.15) is 0 Å². The van der Waals surface area contributed by atoms with Gasteiger partial charge < -0.3 is 14.6 Å². The normalized spacial score (nSPS) is 26.0. The van der Waals surface area contributed by atoms with Gasteiger partial charge in [-0.15, -0.1) is 0 Å². The van der Waals surface area contributed by atoms with E-state index >= 15 is 0 Å². The smallest absolute Gasteiger partial charge is 0.425 e. The lowest BCUT2D eigenvalue weighted by molar-refractivity contribution is -0.344. The number of hydrogen-bond acceptors (Lipinski definition) is 5. The molecule has 8 atom stereocenters. The van der Waals surface area contributed by atoms with Crippen LogP contribution < -0.4 is 0 Å². The zero-order valence-corrected chi connectivity index (χ0v) is 27.1. The lowest BCUT2D eigenvalue weighted by atomic mass is 9.76. The number of alkyl halides is 19. The van der Waals surface area contributed by atoms with E-state index in [1.165, 1.54) is 0 Å². The predicted octanol–water partition coefficient (Wildman–Crippen LogP) is 9.41. The number of carbonyl (C=O) groups is 2. The van der Waals surface area contributed by atoms with Crippen molar-refractivity contribution in [1.29, 1.82) is 0 Å². The number of aliphatic hydroxyl groups is 1. The minimum Gasteiger partial charge on any atom is -0.459 e. The Morgan fingerprint density at radius 3 is 1.62 bits per heavy atom. The Kier molecular flexibility index (Phi) is 14.4. The zero-order chi connectivity index (χ0) is 41.4. The van der Waals surface area contributed by atoms with Crippen LogP contribution in [-0.4, -0.2) is 84.5 Å². The summed E-state index contributed by atoms with van der Waals surface area (Å²) in [6.07, 6.45) is -34.5. The third kappa shape index (κ3) is 9.43. The molecule has 8 unspecified atom stereocenters. The Morgan fingerprint density at radius 1 is 0.769 bits per heavy atom. The second-order valence-electron chi connectivity index (χ2n) is 12.9. The van der Waals surface area contributed by atoms with Crippen molar-refractivity contribution < 1.29 is 108 Å². The number of carbonyl (C=O) groups excluding carboxylic acids is 2. The maximum atomic E-state index is 13.4. The Hall–Kier alpha value is -2.43. The quantitative estimate of drug-likeness (QED) is 0.148. The van der Waals surface area contributed by atoms with Gasteiger partial charge in [-0.2, -0.15) is 65.9 Å². The van der Waals surface area contributed by atoms with Crippen molar-refractivity contribution in [3.05, 3.63) is 0 Å². The van der Waals surface area contributed by atoms with Gasteiger partial charge in [0.2, 0.25) is 5.60 Å². The Labute approximate surface area is 282 Å². The number of hydrogen-bond donors (Lipinski definition) is 1. The van der Waals surface area contributed by atoms with Crippen LogP contribution in [0.15, 0.2) is 0 Å². The standard InChI is InChI=1S/C15H18F8O2.C13H15F11O3/c1-6-7(2)9-3-8(6)4-10(9)11(24)25-5-13(18,19)15(22,23)14(20,21)12(16)17;1-3-9(2,12(19,20)21)8(25)27-6(11(16,17)18)4-5-10(26,7(14)15)13(22,23)24/h6-10,12H,3-5H2,1-2H3;6-7,26H,3-5H2,1-2H3. The summed E-state index contributed by atoms with van der Waals surface area (Å²) in [5.41, 5.74) is -8.26. The van der Waals surface area contributed by atoms with Crippen LogP contribution in [0.3, 0.4) is 0 Å². The lowest BCUT2D eigenvalue weighted by Crippen LogP contribution is -2.59. The van der Waals surface area contributed by atoms with Gasteiger partial charge in [0.05, 0.1) is 5.92 Å². The Morgan fingerprint density at radius 2 is 1.27 bits per heavy atom. The van der Waals surface area contributed by atoms with Gasteiger partial charge in [-0.05, 0) is 62.7 Å². The summed E-state index contributed by atoms with van der Waals surface area (Å²) in [6, 6.07) is 0. The van der Waals surface area contributed by atoms with E-state index in [1.807, 2.05) is 13.8 Å². The molecule has 2 fully saturated rings. The molecule has 2 bridgehead atoms. The van der Waals surface area contributed by atoms with Gasteiger partial charge in [0.25, 0.3) is 6.43 Å². The number of ether oxygens (including phenoxy) is 2. The van der Waals surface area contributed by atoms with Crippen molar-refractivity contribution in [3.8, 4) is 0 Å². The highest BCUT2D eigenvalue weighted by Gasteiger charge is 2.76. The number of rotatable bonds is 13. The molecule has 1 N–H and O–H groups in total. The third-order valence-electron chi connectivity index (χ3n) is 9.78. The summed E-state index contributed by atoms with van der Waals surface area (Å²) >= 11 is 0. The molecule has 24 heteroatoms. The van der Waals surface area contributed by atoms with E-state index in [-0.39, 0.29) is 24.7 Å². The second kappa shape index (κ2) is 15.7. The van der Waals surface area contributed by atoms with E-state index in [0.29, 0.717) is 18.8 Å². The topological polar surface area (TPSA) is 72.8 Å². The molecule has 0 aromatic heterocycles. The monoisotopic (exact) mass is 810 g/mol. The molecule has 0 spiro atoms. The molecule has 2 saturated carbocycles. The number of esters is 2. The molecule has 0 saturated heterocycles. The molecule has 2 aliphatic rings. The van der Waals surface area contributed by atoms with Gasteiger partial charge in [0, 0.05) is 0 Å². The molecule has 308 valence electrons. The fraction of sp³-hybridized carbons (Fsp3) is 0.929. The first-order valence-electron chi connectivity index (χ1n) is 15.0. The van der Waals surface area contributed by atoms with Gasteiger partial charge in [0.15, 0.2) is 18.1 Å². The van der Waals surface area contributed by atoms with Crippen LogP contribution >= 0.6 is 0 Å². The van der Waals surface area contributed by atoms with E-state index < -0.39 is 110 Å². The van der Waals surface area contributed by atoms with Gasteiger partial charge >= 0.3 is 54.7 Å². The van der Waals surface area contributed by atoms with Crippen molar-refractivity contribution >= 4 is 11.9 Å². The molecule has 2 rings (SSSR count). The Bertz CT molecular complexity index is 1220. The van der Waals surface area contributed by atoms with Crippen LogP contribution in [0.5, 0.6) is 0 Å². The zero-order valence-electron chi connectivity index (χ0n) is 27.1. The van der Waals surface area contributed by atoms with E-state index in [0.717, 1.165) is 6.92 Å². The van der Waals surface area contributed by atoms with Crippen LogP contribution in [0.4, 0.5) is 83.4 Å². The lowest BCUT2D eigenvalue weighted by Gasteiger charge is -2.33. The molecular formula is C28H33F19O5. The minimum atomic E-state index is -6.36. The highest BCUT2D eigenvalue weighted by atomic mass is 19.4. The summed E-state index contributed by atoms with van der Waals surface area (Å²) in [5, 5.41) is 8.95. The average molecular weight is 811 g/mol. The predicted molar refractivity (Wildman–Crippen MR) is 136 cm³/mol. The van der Waals surface area contributed by atoms with E-state index in [2.05, 4.69) is 9.47 Å². The van der Waals surface area contributed by atoms with E-state index in [4.69, 9.17) is 5.11 Å². The molecule has 0 aromatic rings. The van der Waals surface area contributed by atoms with Crippen molar-refractivity contribution in [2.24, 2.45) is 35.0 Å². The first kappa shape index (κ1) is 47.6. The van der Waals surface area contributed by atoms with Crippen LogP contribution in [0.1, 0.15) is 59.8 Å². The van der Waals surface area contributed by atoms with E-state index in [9.17, 15) is 93.0 Å². The van der Waals surface area contributed by atoms with Crippen molar-refractivity contribution in [1.82, 2.24) is 0 Å². The van der Waals surface area contributed by atoms with Crippen LogP contribution in [0, 0.1) is 35.0 Å². The van der Waals surface area contributed by atoms with Crippen LogP contribution in [0.2, 0.25) is 0 Å². The summed E-state index contributed by atoms with van der Waals surface area (Å²) < 4.78 is 250. The second-order valence-corrected chi connectivity index (χ2v) is 12.9. The van der Waals surface area contributed by atoms with Gasteiger partial charge in [-0.1, -0.05) is 20.8 Å². The molecule has 0 radical (unpaired) electrons. The Balaban J connectivity index is 0.000000521. The highest BCUT2D eigenvalue weighted by Crippen LogP contribution is 2.55. The summed E-state index contributed by atoms with van der Waals surface area (Å²) in [4.78, 5) is 23.5.